The molecule has 0 saturated heterocycles. The maximum absolute atomic E-state index is 13.9. The van der Waals surface area contributed by atoms with Gasteiger partial charge in [-0.3, -0.25) is 0 Å². The highest BCUT2D eigenvalue weighted by atomic mass is 79.9. The summed E-state index contributed by atoms with van der Waals surface area (Å²) in [5.41, 5.74) is 1.15. The van der Waals surface area contributed by atoms with Crippen molar-refractivity contribution in [3.63, 3.8) is 0 Å². The molecule has 3 aromatic carbocycles. The largest absolute Gasteiger partial charge is 0.461 e. The lowest BCUT2D eigenvalue weighted by molar-refractivity contribution is -0.253. The molecule has 0 bridgehead atoms. The van der Waals surface area contributed by atoms with E-state index in [0.29, 0.717) is 21.5 Å². The summed E-state index contributed by atoms with van der Waals surface area (Å²) in [5.74, 6) is -0.465. The van der Waals surface area contributed by atoms with Crippen LogP contribution in [-0.2, 0) is 6.54 Å². The maximum atomic E-state index is 13.9. The highest BCUT2D eigenvalue weighted by molar-refractivity contribution is 9.10. The first-order valence-corrected chi connectivity index (χ1v) is 9.43. The van der Waals surface area contributed by atoms with Crippen LogP contribution < -0.4 is 14.8 Å². The van der Waals surface area contributed by atoms with Crippen LogP contribution in [0.3, 0.4) is 0 Å². The molecule has 0 amide bonds. The number of nitrogens with one attached hydrogen (secondary N) is 1. The molecule has 9 heteroatoms. The fraction of sp³-hybridized carbons (Fsp3) is 0.143. The van der Waals surface area contributed by atoms with Crippen LogP contribution in [-0.4, -0.2) is 12.5 Å². The average Bonchev–Trinajstić information content (AvgIpc) is 2.69. The Labute approximate surface area is 177 Å². The minimum atomic E-state index is -4.57. The minimum absolute atomic E-state index is 0.0475. The molecule has 158 valence electrons. The molecule has 0 fully saturated rings. The van der Waals surface area contributed by atoms with Crippen molar-refractivity contribution in [2.75, 3.05) is 5.32 Å². The standard InChI is InChI=1S/C21H15BrF5NO2/c22-14-7-8-18(23)19(10-14)29-16-5-2-4-15(11-16)28-12-13-3-1-6-17(9-13)30-21(26,27)20(24)25/h1-11,20,28H,12H2. The molecule has 30 heavy (non-hydrogen) atoms. The van der Waals surface area contributed by atoms with Crippen LogP contribution in [0, 0.1) is 5.82 Å². The summed E-state index contributed by atoms with van der Waals surface area (Å²) < 4.78 is 74.9. The molecule has 0 unspecified atom stereocenters. The van der Waals surface area contributed by atoms with Gasteiger partial charge < -0.3 is 14.8 Å². The van der Waals surface area contributed by atoms with E-state index >= 15 is 0 Å². The van der Waals surface area contributed by atoms with Gasteiger partial charge in [-0.05, 0) is 48.0 Å². The van der Waals surface area contributed by atoms with Crippen molar-refractivity contribution in [1.29, 1.82) is 0 Å². The molecule has 0 spiro atoms. The molecule has 3 rings (SSSR count). The van der Waals surface area contributed by atoms with Gasteiger partial charge in [0, 0.05) is 22.8 Å². The first-order valence-electron chi connectivity index (χ1n) is 8.64. The van der Waals surface area contributed by atoms with Gasteiger partial charge in [0.1, 0.15) is 11.5 Å². The third-order valence-corrected chi connectivity index (χ3v) is 4.35. The Bertz CT molecular complexity index is 1020. The number of anilines is 1. The Balaban J connectivity index is 1.66. The lowest BCUT2D eigenvalue weighted by Gasteiger charge is -2.17. The predicted octanol–water partition coefficient (Wildman–Crippen LogP) is 7.23. The molecule has 1 N–H and O–H groups in total. The normalized spacial score (nSPS) is 11.4. The topological polar surface area (TPSA) is 30.5 Å². The van der Waals surface area contributed by atoms with Crippen molar-refractivity contribution in [1.82, 2.24) is 0 Å². The SMILES string of the molecule is Fc1ccc(Br)cc1Oc1cccc(NCc2cccc(OC(F)(F)C(F)F)c2)c1. The summed E-state index contributed by atoms with van der Waals surface area (Å²) >= 11 is 3.25. The summed E-state index contributed by atoms with van der Waals surface area (Å²) in [7, 11) is 0. The predicted molar refractivity (Wildman–Crippen MR) is 106 cm³/mol. The van der Waals surface area contributed by atoms with Crippen LogP contribution >= 0.6 is 15.9 Å². The van der Waals surface area contributed by atoms with E-state index in [-0.39, 0.29) is 18.0 Å². The first-order chi connectivity index (χ1) is 14.2. The second-order valence-corrected chi connectivity index (χ2v) is 7.09. The van der Waals surface area contributed by atoms with Crippen LogP contribution in [0.15, 0.2) is 71.2 Å². The van der Waals surface area contributed by atoms with Gasteiger partial charge in [0.2, 0.25) is 0 Å². The molecule has 0 atom stereocenters. The fourth-order valence-corrected chi connectivity index (χ4v) is 2.82. The number of alkyl halides is 4. The summed E-state index contributed by atoms with van der Waals surface area (Å²) in [4.78, 5) is 0. The van der Waals surface area contributed by atoms with Crippen LogP contribution in [0.4, 0.5) is 27.6 Å². The Morgan fingerprint density at radius 2 is 1.67 bits per heavy atom. The van der Waals surface area contributed by atoms with Gasteiger partial charge in [-0.2, -0.15) is 17.6 Å². The van der Waals surface area contributed by atoms with Gasteiger partial charge >= 0.3 is 12.5 Å². The van der Waals surface area contributed by atoms with Crippen LogP contribution in [0.25, 0.3) is 0 Å². The van der Waals surface area contributed by atoms with E-state index in [1.807, 2.05) is 0 Å². The third-order valence-electron chi connectivity index (χ3n) is 3.86. The fourth-order valence-electron chi connectivity index (χ4n) is 2.48. The molecule has 0 heterocycles. The Morgan fingerprint density at radius 1 is 0.933 bits per heavy atom. The summed E-state index contributed by atoms with van der Waals surface area (Å²) in [5, 5.41) is 3.05. The number of benzene rings is 3. The zero-order chi connectivity index (χ0) is 21.7. The quantitative estimate of drug-likeness (QED) is 0.340. The van der Waals surface area contributed by atoms with Gasteiger partial charge in [0.05, 0.1) is 0 Å². The molecule has 0 saturated carbocycles. The second-order valence-electron chi connectivity index (χ2n) is 6.17. The van der Waals surface area contributed by atoms with E-state index in [2.05, 4.69) is 26.0 Å². The van der Waals surface area contributed by atoms with Crippen molar-refractivity contribution >= 4 is 21.6 Å². The van der Waals surface area contributed by atoms with E-state index in [9.17, 15) is 22.0 Å². The monoisotopic (exact) mass is 487 g/mol. The summed E-state index contributed by atoms with van der Waals surface area (Å²) in [6, 6.07) is 16.5. The molecule has 0 aliphatic carbocycles. The van der Waals surface area contributed by atoms with E-state index in [0.717, 1.165) is 0 Å². The summed E-state index contributed by atoms with van der Waals surface area (Å²) in [6.07, 6.45) is -8.50. The number of ether oxygens (including phenoxy) is 2. The Hall–Kier alpha value is -2.81. The smallest absolute Gasteiger partial charge is 0.454 e. The Morgan fingerprint density at radius 3 is 2.43 bits per heavy atom. The lowest BCUT2D eigenvalue weighted by Crippen LogP contribution is -2.33. The lowest BCUT2D eigenvalue weighted by atomic mass is 10.2. The van der Waals surface area contributed by atoms with Crippen LogP contribution in [0.1, 0.15) is 5.56 Å². The minimum Gasteiger partial charge on any atom is -0.454 e. The van der Waals surface area contributed by atoms with Gasteiger partial charge in [0.15, 0.2) is 11.6 Å². The number of hydrogen-bond donors (Lipinski definition) is 1. The van der Waals surface area contributed by atoms with Crippen molar-refractivity contribution < 1.29 is 31.4 Å². The molecule has 0 aliphatic rings. The van der Waals surface area contributed by atoms with Crippen molar-refractivity contribution in [2.24, 2.45) is 0 Å². The van der Waals surface area contributed by atoms with Crippen molar-refractivity contribution in [2.45, 2.75) is 19.1 Å². The molecule has 0 radical (unpaired) electrons. The molecular weight excluding hydrogens is 473 g/mol. The Kier molecular flexibility index (Phi) is 6.81. The second kappa shape index (κ2) is 9.34. The maximum Gasteiger partial charge on any atom is 0.461 e. The van der Waals surface area contributed by atoms with Crippen molar-refractivity contribution in [3.05, 3.63) is 82.6 Å². The molecular formula is C21H15BrF5NO2. The molecule has 3 nitrogen and oxygen atoms in total. The number of rotatable bonds is 8. The molecule has 3 aromatic rings. The van der Waals surface area contributed by atoms with Gasteiger partial charge in [-0.1, -0.05) is 34.1 Å². The average molecular weight is 488 g/mol. The number of halogens is 6. The number of hydrogen-bond acceptors (Lipinski definition) is 3. The van der Waals surface area contributed by atoms with E-state index in [4.69, 9.17) is 4.74 Å². The first kappa shape index (κ1) is 21.9. The van der Waals surface area contributed by atoms with E-state index in [1.54, 1.807) is 36.4 Å². The van der Waals surface area contributed by atoms with Crippen LogP contribution in [0.5, 0.6) is 17.2 Å². The van der Waals surface area contributed by atoms with E-state index in [1.165, 1.54) is 30.3 Å². The van der Waals surface area contributed by atoms with Gasteiger partial charge in [-0.15, -0.1) is 0 Å². The molecule has 0 aliphatic heterocycles. The van der Waals surface area contributed by atoms with Crippen molar-refractivity contribution in [3.8, 4) is 17.2 Å². The highest BCUT2D eigenvalue weighted by Crippen LogP contribution is 2.30. The third kappa shape index (κ3) is 5.85. The molecule has 0 aromatic heterocycles. The zero-order valence-corrected chi connectivity index (χ0v) is 16.8. The van der Waals surface area contributed by atoms with E-state index < -0.39 is 18.4 Å². The van der Waals surface area contributed by atoms with Gasteiger partial charge in [-0.25, -0.2) is 4.39 Å². The van der Waals surface area contributed by atoms with Gasteiger partial charge in [0.25, 0.3) is 0 Å². The zero-order valence-electron chi connectivity index (χ0n) is 15.2. The summed E-state index contributed by atoms with van der Waals surface area (Å²) in [6.45, 7) is 0.201. The van der Waals surface area contributed by atoms with Crippen LogP contribution in [0.2, 0.25) is 0 Å². The highest BCUT2D eigenvalue weighted by Gasteiger charge is 2.43.